The molecule has 0 aliphatic carbocycles. The van der Waals surface area contributed by atoms with Crippen LogP contribution in [0, 0.1) is 0 Å². The average molecular weight is 315 g/mol. The van der Waals surface area contributed by atoms with Crippen LogP contribution in [-0.4, -0.2) is 42.6 Å². The van der Waals surface area contributed by atoms with Crippen molar-refractivity contribution < 1.29 is 29.5 Å². The summed E-state index contributed by atoms with van der Waals surface area (Å²) in [5.74, 6) is 0. The van der Waals surface area contributed by atoms with Gasteiger partial charge in [0.25, 0.3) is 0 Å². The van der Waals surface area contributed by atoms with Crippen LogP contribution in [0.2, 0.25) is 0 Å². The van der Waals surface area contributed by atoms with Gasteiger partial charge in [0.15, 0.2) is 0 Å². The molecule has 0 bridgehead atoms. The van der Waals surface area contributed by atoms with E-state index in [0.29, 0.717) is 6.42 Å². The largest absolute Gasteiger partial charge is 0.466 e. The van der Waals surface area contributed by atoms with Crippen LogP contribution in [-0.2, 0) is 4.57 Å². The molecule has 0 rings (SSSR count). The van der Waals surface area contributed by atoms with Crippen LogP contribution in [0.25, 0.3) is 0 Å². The van der Waals surface area contributed by atoms with Crippen LogP contribution >= 0.6 is 7.82 Å². The number of phosphoric acid groups is 1. The zero-order valence-corrected chi connectivity index (χ0v) is 13.5. The van der Waals surface area contributed by atoms with E-state index >= 15 is 0 Å². The first-order chi connectivity index (χ1) is 8.95. The van der Waals surface area contributed by atoms with E-state index in [9.17, 15) is 10.2 Å². The molecule has 0 heterocycles. The van der Waals surface area contributed by atoms with E-state index < -0.39 is 25.6 Å². The fraction of sp³-hybridized carbons (Fsp3) is 1.00. The van der Waals surface area contributed by atoms with Crippen molar-refractivity contribution in [2.24, 2.45) is 5.73 Å². The maximum absolute atomic E-state index is 9.56. The minimum Gasteiger partial charge on any atom is -0.391 e. The minimum atomic E-state index is -4.64. The molecule has 0 saturated heterocycles. The van der Waals surface area contributed by atoms with Crippen molar-refractivity contribution in [3.8, 4) is 0 Å². The zero-order valence-electron chi connectivity index (χ0n) is 12.6. The van der Waals surface area contributed by atoms with Gasteiger partial charge in [-0.05, 0) is 20.3 Å². The van der Waals surface area contributed by atoms with Crippen LogP contribution in [0.1, 0.15) is 59.3 Å². The second-order valence-corrected chi connectivity index (χ2v) is 6.17. The summed E-state index contributed by atoms with van der Waals surface area (Å²) in [6, 6.07) is 0. The topological polar surface area (TPSA) is 144 Å². The highest BCUT2D eigenvalue weighted by Crippen LogP contribution is 2.25. The predicted molar refractivity (Wildman–Crippen MR) is 77.9 cm³/mol. The van der Waals surface area contributed by atoms with Crippen LogP contribution in [0.3, 0.4) is 0 Å². The number of nitrogens with two attached hydrogens (primary N) is 1. The maximum atomic E-state index is 9.56. The SMILES string of the molecule is CCCCCCCC(N)(C(C)O)C(C)O.O=P(O)(O)O. The first kappa shape index (κ1) is 22.3. The summed E-state index contributed by atoms with van der Waals surface area (Å²) in [5.41, 5.74) is 5.16. The third-order valence-corrected chi connectivity index (χ3v) is 3.27. The van der Waals surface area contributed by atoms with Gasteiger partial charge in [0.05, 0.1) is 17.7 Å². The van der Waals surface area contributed by atoms with Crippen molar-refractivity contribution in [1.29, 1.82) is 0 Å². The van der Waals surface area contributed by atoms with Crippen molar-refractivity contribution in [3.63, 3.8) is 0 Å². The molecule has 0 fully saturated rings. The predicted octanol–water partition coefficient (Wildman–Crippen LogP) is 0.877. The monoisotopic (exact) mass is 315 g/mol. The van der Waals surface area contributed by atoms with Crippen molar-refractivity contribution in [2.45, 2.75) is 77.0 Å². The quantitative estimate of drug-likeness (QED) is 0.288. The molecule has 0 spiro atoms. The molecular weight excluding hydrogens is 285 g/mol. The highest BCUT2D eigenvalue weighted by molar-refractivity contribution is 7.45. The molecule has 7 N–H and O–H groups in total. The Balaban J connectivity index is 0. The molecule has 2 unspecified atom stereocenters. The normalized spacial score (nSPS) is 17.6. The Morgan fingerprint density at radius 1 is 1.00 bits per heavy atom. The number of unbranched alkanes of at least 4 members (excludes halogenated alkanes) is 4. The van der Waals surface area contributed by atoms with Crippen LogP contribution in [0.5, 0.6) is 0 Å². The van der Waals surface area contributed by atoms with Gasteiger partial charge in [0.2, 0.25) is 0 Å². The lowest BCUT2D eigenvalue weighted by Crippen LogP contribution is -2.57. The standard InChI is InChI=1S/C12H27NO2.H3O4P/c1-4-5-6-7-8-9-12(13,10(2)14)11(3)15;1-5(2,3)4/h10-11,14-15H,4-9,13H2,1-3H3;(H3,1,2,3,4). The van der Waals surface area contributed by atoms with Gasteiger partial charge in [0, 0.05) is 0 Å². The second-order valence-electron chi connectivity index (χ2n) is 5.14. The molecule has 0 aromatic heterocycles. The highest BCUT2D eigenvalue weighted by Gasteiger charge is 2.35. The maximum Gasteiger partial charge on any atom is 0.466 e. The third-order valence-electron chi connectivity index (χ3n) is 3.27. The van der Waals surface area contributed by atoms with E-state index in [1.807, 2.05) is 0 Å². The lowest BCUT2D eigenvalue weighted by molar-refractivity contribution is 0.00127. The molecule has 20 heavy (non-hydrogen) atoms. The van der Waals surface area contributed by atoms with E-state index in [0.717, 1.165) is 12.8 Å². The van der Waals surface area contributed by atoms with Crippen molar-refractivity contribution in [3.05, 3.63) is 0 Å². The summed E-state index contributed by atoms with van der Waals surface area (Å²) >= 11 is 0. The Hall–Kier alpha value is -0.0100. The minimum absolute atomic E-state index is 0.663. The number of aliphatic hydroxyl groups is 2. The van der Waals surface area contributed by atoms with Gasteiger partial charge >= 0.3 is 7.82 Å². The highest BCUT2D eigenvalue weighted by atomic mass is 31.2. The lowest BCUT2D eigenvalue weighted by Gasteiger charge is -2.35. The molecule has 0 aromatic rings. The smallest absolute Gasteiger partial charge is 0.391 e. The summed E-state index contributed by atoms with van der Waals surface area (Å²) < 4.78 is 8.88. The van der Waals surface area contributed by atoms with Crippen molar-refractivity contribution >= 4 is 7.82 Å². The molecule has 0 aliphatic rings. The Morgan fingerprint density at radius 2 is 1.35 bits per heavy atom. The summed E-state index contributed by atoms with van der Waals surface area (Å²) in [4.78, 5) is 21.6. The summed E-state index contributed by atoms with van der Waals surface area (Å²) in [6.07, 6.45) is 5.16. The lowest BCUT2D eigenvalue weighted by atomic mass is 9.83. The first-order valence-corrected chi connectivity index (χ1v) is 8.45. The van der Waals surface area contributed by atoms with Gasteiger partial charge in [-0.25, -0.2) is 4.57 Å². The average Bonchev–Trinajstić information content (AvgIpc) is 2.25. The molecule has 0 amide bonds. The van der Waals surface area contributed by atoms with Gasteiger partial charge in [-0.15, -0.1) is 0 Å². The molecule has 124 valence electrons. The summed E-state index contributed by atoms with van der Waals surface area (Å²) in [5, 5.41) is 19.1. The van der Waals surface area contributed by atoms with E-state index in [1.165, 1.54) is 19.3 Å². The number of hydrogen-bond acceptors (Lipinski definition) is 4. The molecular formula is C12H30NO6P. The van der Waals surface area contributed by atoms with Crippen LogP contribution in [0.15, 0.2) is 0 Å². The molecule has 8 heteroatoms. The Labute approximate surface area is 121 Å². The molecule has 0 aliphatic heterocycles. The van der Waals surface area contributed by atoms with Crippen molar-refractivity contribution in [2.75, 3.05) is 0 Å². The van der Waals surface area contributed by atoms with Gasteiger partial charge < -0.3 is 30.6 Å². The Kier molecular flexibility index (Phi) is 11.9. The molecule has 7 nitrogen and oxygen atoms in total. The van der Waals surface area contributed by atoms with E-state index in [1.54, 1.807) is 13.8 Å². The van der Waals surface area contributed by atoms with Gasteiger partial charge in [0.1, 0.15) is 0 Å². The molecule has 0 radical (unpaired) electrons. The molecule has 2 atom stereocenters. The van der Waals surface area contributed by atoms with Gasteiger partial charge in [-0.3, -0.25) is 0 Å². The van der Waals surface area contributed by atoms with Gasteiger partial charge in [-0.2, -0.15) is 0 Å². The second kappa shape index (κ2) is 10.7. The zero-order chi connectivity index (χ0) is 16.4. The number of hydrogen-bond donors (Lipinski definition) is 6. The van der Waals surface area contributed by atoms with Crippen LogP contribution in [0.4, 0.5) is 0 Å². The van der Waals surface area contributed by atoms with E-state index in [2.05, 4.69) is 6.92 Å². The summed E-state index contributed by atoms with van der Waals surface area (Å²) in [7, 11) is -4.64. The van der Waals surface area contributed by atoms with Gasteiger partial charge in [-0.1, -0.05) is 39.0 Å². The summed E-state index contributed by atoms with van der Waals surface area (Å²) in [6.45, 7) is 5.48. The Morgan fingerprint density at radius 3 is 1.65 bits per heavy atom. The van der Waals surface area contributed by atoms with E-state index in [-0.39, 0.29) is 0 Å². The fourth-order valence-corrected chi connectivity index (χ4v) is 1.80. The number of aliphatic hydroxyl groups excluding tert-OH is 2. The van der Waals surface area contributed by atoms with Crippen molar-refractivity contribution in [1.82, 2.24) is 0 Å². The number of rotatable bonds is 8. The third kappa shape index (κ3) is 13.0. The van der Waals surface area contributed by atoms with E-state index in [4.69, 9.17) is 25.0 Å². The molecule has 0 saturated carbocycles. The Bertz CT molecular complexity index is 263. The van der Waals surface area contributed by atoms with Crippen LogP contribution < -0.4 is 5.73 Å². The molecule has 0 aromatic carbocycles. The first-order valence-electron chi connectivity index (χ1n) is 6.88. The fourth-order valence-electron chi connectivity index (χ4n) is 1.80.